The Kier molecular flexibility index (Phi) is 4.35. The first-order valence-corrected chi connectivity index (χ1v) is 7.77. The lowest BCUT2D eigenvalue weighted by Crippen LogP contribution is -2.21. The van der Waals surface area contributed by atoms with Gasteiger partial charge in [0.25, 0.3) is 0 Å². The molecule has 2 aromatic rings. The molecule has 0 atom stereocenters. The molecule has 108 valence electrons. The second kappa shape index (κ2) is 6.02. The number of rotatable bonds is 6. The number of anilines is 1. The van der Waals surface area contributed by atoms with E-state index >= 15 is 0 Å². The van der Waals surface area contributed by atoms with Gasteiger partial charge in [-0.15, -0.1) is 0 Å². The monoisotopic (exact) mass is 295 g/mol. The van der Waals surface area contributed by atoms with Crippen molar-refractivity contribution in [3.8, 4) is 0 Å². The van der Waals surface area contributed by atoms with Crippen LogP contribution in [0.3, 0.4) is 0 Å². The Labute approximate surface area is 117 Å². The molecule has 0 aliphatic heterocycles. The molecule has 0 bridgehead atoms. The zero-order valence-electron chi connectivity index (χ0n) is 11.2. The summed E-state index contributed by atoms with van der Waals surface area (Å²) in [5.41, 5.74) is 7.14. The number of pyridine rings is 1. The maximum absolute atomic E-state index is 12.1. The van der Waals surface area contributed by atoms with Crippen molar-refractivity contribution >= 4 is 15.8 Å². The van der Waals surface area contributed by atoms with Crippen LogP contribution in [0.5, 0.6) is 0 Å². The fraction of sp³-hybridized carbons (Fsp3) is 0.333. The smallest absolute Gasteiger partial charge is 0.234 e. The Balaban J connectivity index is 2.06. The van der Waals surface area contributed by atoms with Gasteiger partial charge in [-0.25, -0.2) is 8.42 Å². The third kappa shape index (κ3) is 3.55. The van der Waals surface area contributed by atoms with Gasteiger partial charge in [-0.05, 0) is 24.1 Å². The molecule has 2 aromatic heterocycles. The Bertz CT molecular complexity index is 666. The fourth-order valence-electron chi connectivity index (χ4n) is 1.76. The molecule has 20 heavy (non-hydrogen) atoms. The first-order chi connectivity index (χ1) is 9.52. The number of nitrogens with two attached hydrogens (primary N) is 1. The van der Waals surface area contributed by atoms with Crippen LogP contribution in [0.25, 0.3) is 0 Å². The highest BCUT2D eigenvalue weighted by molar-refractivity contribution is 7.92. The zero-order valence-corrected chi connectivity index (χ0v) is 12.0. The van der Waals surface area contributed by atoms with E-state index in [0.29, 0.717) is 17.8 Å². The van der Waals surface area contributed by atoms with Gasteiger partial charge in [-0.3, -0.25) is 14.4 Å². The Morgan fingerprint density at radius 3 is 2.70 bits per heavy atom. The molecular formula is C12H17N5O2S. The minimum atomic E-state index is -3.44. The highest BCUT2D eigenvalue weighted by atomic mass is 32.2. The summed E-state index contributed by atoms with van der Waals surface area (Å²) in [5.74, 6) is 0.411. The van der Waals surface area contributed by atoms with Gasteiger partial charge in [-0.1, -0.05) is 0 Å². The van der Waals surface area contributed by atoms with E-state index in [9.17, 15) is 8.42 Å². The van der Waals surface area contributed by atoms with Crippen molar-refractivity contribution in [2.45, 2.75) is 13.0 Å². The van der Waals surface area contributed by atoms with Crippen LogP contribution in [0.1, 0.15) is 11.1 Å². The van der Waals surface area contributed by atoms with E-state index in [1.165, 1.54) is 4.68 Å². The van der Waals surface area contributed by atoms with Gasteiger partial charge in [0.1, 0.15) is 5.82 Å². The lowest BCUT2D eigenvalue weighted by molar-refractivity contribution is 0.599. The van der Waals surface area contributed by atoms with E-state index in [1.807, 2.05) is 0 Å². The van der Waals surface area contributed by atoms with E-state index in [0.717, 1.165) is 5.56 Å². The van der Waals surface area contributed by atoms with Crippen LogP contribution in [-0.2, 0) is 30.0 Å². The summed E-state index contributed by atoms with van der Waals surface area (Å²) in [6.07, 6.45) is 5.26. The number of hydrogen-bond donors (Lipinski definition) is 2. The molecular weight excluding hydrogens is 278 g/mol. The largest absolute Gasteiger partial charge is 0.326 e. The molecule has 0 unspecified atom stereocenters. The topological polar surface area (TPSA) is 103 Å². The highest BCUT2D eigenvalue weighted by Crippen LogP contribution is 2.15. The average Bonchev–Trinajstić information content (AvgIpc) is 2.78. The number of hydrogen-bond acceptors (Lipinski definition) is 5. The SMILES string of the molecule is Cn1ncc(CN)c1NS(=O)(=O)CCc1ccncc1. The van der Waals surface area contributed by atoms with Gasteiger partial charge >= 0.3 is 0 Å². The van der Waals surface area contributed by atoms with Crippen molar-refractivity contribution in [3.63, 3.8) is 0 Å². The summed E-state index contributed by atoms with van der Waals surface area (Å²) in [6, 6.07) is 3.59. The molecule has 0 fully saturated rings. The standard InChI is InChI=1S/C12H17N5O2S/c1-17-12(11(8-13)9-15-17)16-20(18,19)7-4-10-2-5-14-6-3-10/h2-3,5-6,9,16H,4,7-8,13H2,1H3. The molecule has 0 saturated heterocycles. The van der Waals surface area contributed by atoms with Crippen LogP contribution in [0.4, 0.5) is 5.82 Å². The van der Waals surface area contributed by atoms with Crippen LogP contribution in [0.2, 0.25) is 0 Å². The molecule has 7 nitrogen and oxygen atoms in total. The highest BCUT2D eigenvalue weighted by Gasteiger charge is 2.16. The summed E-state index contributed by atoms with van der Waals surface area (Å²) < 4.78 is 28.2. The number of aryl methyl sites for hydroxylation is 2. The van der Waals surface area contributed by atoms with E-state index in [-0.39, 0.29) is 12.3 Å². The minimum Gasteiger partial charge on any atom is -0.326 e. The molecule has 0 aliphatic rings. The Morgan fingerprint density at radius 2 is 2.05 bits per heavy atom. The van der Waals surface area contributed by atoms with Crippen molar-refractivity contribution in [2.24, 2.45) is 12.8 Å². The quantitative estimate of drug-likeness (QED) is 0.795. The van der Waals surface area contributed by atoms with E-state index < -0.39 is 10.0 Å². The van der Waals surface area contributed by atoms with Gasteiger partial charge < -0.3 is 5.73 Å². The van der Waals surface area contributed by atoms with E-state index in [1.54, 1.807) is 37.8 Å². The summed E-state index contributed by atoms with van der Waals surface area (Å²) in [4.78, 5) is 3.89. The molecule has 3 N–H and O–H groups in total. The second-order valence-electron chi connectivity index (χ2n) is 4.37. The normalized spacial score (nSPS) is 11.5. The fourth-order valence-corrected chi connectivity index (χ4v) is 2.93. The molecule has 0 aromatic carbocycles. The summed E-state index contributed by atoms with van der Waals surface area (Å²) >= 11 is 0. The van der Waals surface area contributed by atoms with Crippen molar-refractivity contribution in [3.05, 3.63) is 41.9 Å². The number of nitrogens with zero attached hydrogens (tertiary/aromatic N) is 3. The maximum atomic E-state index is 12.1. The Morgan fingerprint density at radius 1 is 1.35 bits per heavy atom. The number of nitrogens with one attached hydrogen (secondary N) is 1. The Hall–Kier alpha value is -1.93. The lowest BCUT2D eigenvalue weighted by Gasteiger charge is -2.10. The average molecular weight is 295 g/mol. The van der Waals surface area contributed by atoms with Crippen molar-refractivity contribution < 1.29 is 8.42 Å². The van der Waals surface area contributed by atoms with Crippen molar-refractivity contribution in [1.82, 2.24) is 14.8 Å². The van der Waals surface area contributed by atoms with Crippen LogP contribution >= 0.6 is 0 Å². The van der Waals surface area contributed by atoms with Crippen LogP contribution < -0.4 is 10.5 Å². The van der Waals surface area contributed by atoms with Crippen molar-refractivity contribution in [1.29, 1.82) is 0 Å². The minimum absolute atomic E-state index is 0.00773. The molecule has 0 saturated carbocycles. The van der Waals surface area contributed by atoms with Gasteiger partial charge in [0.2, 0.25) is 10.0 Å². The third-order valence-electron chi connectivity index (χ3n) is 2.90. The van der Waals surface area contributed by atoms with Crippen LogP contribution in [0.15, 0.2) is 30.7 Å². The summed E-state index contributed by atoms with van der Waals surface area (Å²) in [7, 11) is -1.78. The first kappa shape index (κ1) is 14.5. The summed E-state index contributed by atoms with van der Waals surface area (Å²) in [6.45, 7) is 0.232. The van der Waals surface area contributed by atoms with Gasteiger partial charge in [0, 0.05) is 31.5 Å². The second-order valence-corrected chi connectivity index (χ2v) is 6.21. The molecule has 0 radical (unpaired) electrons. The van der Waals surface area contributed by atoms with Gasteiger partial charge in [0.15, 0.2) is 0 Å². The maximum Gasteiger partial charge on any atom is 0.234 e. The zero-order chi connectivity index (χ0) is 14.6. The lowest BCUT2D eigenvalue weighted by atomic mass is 10.2. The number of aromatic nitrogens is 3. The number of sulfonamides is 1. The molecule has 0 spiro atoms. The predicted molar refractivity (Wildman–Crippen MR) is 76.4 cm³/mol. The molecule has 2 heterocycles. The van der Waals surface area contributed by atoms with Crippen LogP contribution in [-0.4, -0.2) is 28.9 Å². The predicted octanol–water partition coefficient (Wildman–Crippen LogP) is 0.258. The van der Waals surface area contributed by atoms with E-state index in [4.69, 9.17) is 5.73 Å². The van der Waals surface area contributed by atoms with Crippen molar-refractivity contribution in [2.75, 3.05) is 10.5 Å². The van der Waals surface area contributed by atoms with Crippen LogP contribution in [0, 0.1) is 0 Å². The van der Waals surface area contributed by atoms with Gasteiger partial charge in [0.05, 0.1) is 11.9 Å². The molecule has 8 heteroatoms. The molecule has 0 amide bonds. The molecule has 0 aliphatic carbocycles. The van der Waals surface area contributed by atoms with Gasteiger partial charge in [-0.2, -0.15) is 5.10 Å². The summed E-state index contributed by atoms with van der Waals surface area (Å²) in [5, 5.41) is 3.99. The molecule has 2 rings (SSSR count). The first-order valence-electron chi connectivity index (χ1n) is 6.12. The van der Waals surface area contributed by atoms with E-state index in [2.05, 4.69) is 14.8 Å². The third-order valence-corrected chi connectivity index (χ3v) is 4.14.